The van der Waals surface area contributed by atoms with Crippen LogP contribution in [0, 0.1) is 10.5 Å². The predicted octanol–water partition coefficient (Wildman–Crippen LogP) is 3.09. The van der Waals surface area contributed by atoms with Crippen molar-refractivity contribution < 1.29 is 4.79 Å². The van der Waals surface area contributed by atoms with Crippen LogP contribution in [0.5, 0.6) is 0 Å². The zero-order chi connectivity index (χ0) is 14.0. The summed E-state index contributed by atoms with van der Waals surface area (Å²) in [5.41, 5.74) is 1.79. The zero-order valence-electron chi connectivity index (χ0n) is 11.0. The Morgan fingerprint density at radius 1 is 1.42 bits per heavy atom. The highest BCUT2D eigenvalue weighted by Crippen LogP contribution is 2.18. The maximum Gasteiger partial charge on any atom is 0.295 e. The smallest absolute Gasteiger partial charge is 0.295 e. The van der Waals surface area contributed by atoms with Crippen molar-refractivity contribution in [2.75, 3.05) is 5.32 Å². The number of aromatic nitrogens is 3. The molecule has 1 heterocycles. The maximum absolute atomic E-state index is 12.0. The molecule has 1 aromatic carbocycles. The van der Waals surface area contributed by atoms with Gasteiger partial charge in [-0.1, -0.05) is 13.8 Å². The van der Waals surface area contributed by atoms with Crippen LogP contribution in [0.25, 0.3) is 0 Å². The molecule has 0 spiro atoms. The van der Waals surface area contributed by atoms with Crippen molar-refractivity contribution in [3.05, 3.63) is 39.0 Å². The van der Waals surface area contributed by atoms with E-state index in [1.165, 1.54) is 0 Å². The number of nitrogens with one attached hydrogen (secondary N) is 2. The van der Waals surface area contributed by atoms with E-state index >= 15 is 0 Å². The van der Waals surface area contributed by atoms with Crippen molar-refractivity contribution in [2.24, 2.45) is 0 Å². The Labute approximate surface area is 125 Å². The third-order valence-corrected chi connectivity index (χ3v) is 3.36. The highest BCUT2D eigenvalue weighted by molar-refractivity contribution is 14.1. The first-order valence-corrected chi connectivity index (χ1v) is 7.05. The Morgan fingerprint density at radius 2 is 2.16 bits per heavy atom. The number of H-pyrrole nitrogens is 1. The molecule has 2 aromatic rings. The number of benzene rings is 1. The van der Waals surface area contributed by atoms with E-state index in [-0.39, 0.29) is 17.6 Å². The average molecular weight is 370 g/mol. The van der Waals surface area contributed by atoms with Crippen molar-refractivity contribution in [1.82, 2.24) is 15.2 Å². The number of rotatable bonds is 3. The number of carbonyl (C=O) groups excluding carboxylic acids is 1. The van der Waals surface area contributed by atoms with Gasteiger partial charge in [0.25, 0.3) is 5.91 Å². The number of hydrogen-bond acceptors (Lipinski definition) is 3. The Morgan fingerprint density at radius 3 is 2.74 bits per heavy atom. The van der Waals surface area contributed by atoms with Crippen LogP contribution in [0.2, 0.25) is 0 Å². The highest BCUT2D eigenvalue weighted by atomic mass is 127. The second kappa shape index (κ2) is 5.68. The van der Waals surface area contributed by atoms with Gasteiger partial charge in [0.1, 0.15) is 5.82 Å². The van der Waals surface area contributed by atoms with Crippen LogP contribution in [0.1, 0.15) is 41.8 Å². The molecule has 0 bridgehead atoms. The average Bonchev–Trinajstić information content (AvgIpc) is 2.82. The van der Waals surface area contributed by atoms with Gasteiger partial charge in [0.05, 0.1) is 0 Å². The van der Waals surface area contributed by atoms with Gasteiger partial charge in [-0.15, -0.1) is 5.10 Å². The quantitative estimate of drug-likeness (QED) is 0.816. The molecule has 1 aromatic heterocycles. The van der Waals surface area contributed by atoms with Crippen molar-refractivity contribution in [1.29, 1.82) is 0 Å². The van der Waals surface area contributed by atoms with E-state index in [1.807, 2.05) is 39.0 Å². The minimum atomic E-state index is -0.299. The summed E-state index contributed by atoms with van der Waals surface area (Å²) in [6.45, 7) is 5.94. The fraction of sp³-hybridized carbons (Fsp3) is 0.308. The first-order valence-electron chi connectivity index (χ1n) is 5.97. The summed E-state index contributed by atoms with van der Waals surface area (Å²) >= 11 is 2.24. The second-order valence-corrected chi connectivity index (χ2v) is 5.86. The predicted molar refractivity (Wildman–Crippen MR) is 82.3 cm³/mol. The minimum Gasteiger partial charge on any atom is -0.319 e. The monoisotopic (exact) mass is 370 g/mol. The molecule has 0 aliphatic carbocycles. The third-order valence-electron chi connectivity index (χ3n) is 2.69. The summed E-state index contributed by atoms with van der Waals surface area (Å²) < 4.78 is 1.13. The summed E-state index contributed by atoms with van der Waals surface area (Å²) in [5.74, 6) is 0.799. The van der Waals surface area contributed by atoms with E-state index in [1.54, 1.807) is 0 Å². The van der Waals surface area contributed by atoms with Gasteiger partial charge in [-0.05, 0) is 53.3 Å². The van der Waals surface area contributed by atoms with Gasteiger partial charge in [0.2, 0.25) is 5.82 Å². The number of carbonyl (C=O) groups is 1. The van der Waals surface area contributed by atoms with Gasteiger partial charge in [-0.25, -0.2) is 4.98 Å². The second-order valence-electron chi connectivity index (χ2n) is 4.61. The van der Waals surface area contributed by atoms with Gasteiger partial charge in [0.15, 0.2) is 0 Å². The lowest BCUT2D eigenvalue weighted by Crippen LogP contribution is -2.14. The van der Waals surface area contributed by atoms with Crippen LogP contribution >= 0.6 is 22.6 Å². The molecule has 1 amide bonds. The summed E-state index contributed by atoms with van der Waals surface area (Å²) in [4.78, 5) is 16.2. The largest absolute Gasteiger partial charge is 0.319 e. The van der Waals surface area contributed by atoms with E-state index < -0.39 is 0 Å². The molecule has 100 valence electrons. The Bertz CT molecular complexity index is 606. The number of nitrogens with zero attached hydrogens (tertiary/aromatic N) is 2. The van der Waals surface area contributed by atoms with E-state index in [4.69, 9.17) is 0 Å². The molecule has 0 saturated carbocycles. The topological polar surface area (TPSA) is 70.7 Å². The molecular formula is C13H15IN4O. The van der Waals surface area contributed by atoms with Gasteiger partial charge in [-0.2, -0.15) is 0 Å². The molecule has 0 unspecified atom stereocenters. The fourth-order valence-electron chi connectivity index (χ4n) is 1.58. The molecule has 2 rings (SSSR count). The molecule has 0 atom stereocenters. The van der Waals surface area contributed by atoms with Crippen LogP contribution in [0.4, 0.5) is 5.69 Å². The third kappa shape index (κ3) is 3.31. The standard InChI is InChI=1S/C13H15IN4O/c1-7(2)11-16-12(18-17-11)13(19)15-10-5-4-9(14)6-8(10)3/h4-7H,1-3H3,(H,15,19)(H,16,17,18). The van der Waals surface area contributed by atoms with Crippen LogP contribution in [-0.2, 0) is 0 Å². The first kappa shape index (κ1) is 14.0. The normalized spacial score (nSPS) is 10.8. The van der Waals surface area contributed by atoms with Gasteiger partial charge >= 0.3 is 0 Å². The van der Waals surface area contributed by atoms with Gasteiger partial charge in [-0.3, -0.25) is 9.89 Å². The number of aryl methyl sites for hydroxylation is 1. The summed E-state index contributed by atoms with van der Waals surface area (Å²) in [6.07, 6.45) is 0. The molecule has 0 radical (unpaired) electrons. The van der Waals surface area contributed by atoms with E-state index in [0.29, 0.717) is 5.82 Å². The SMILES string of the molecule is Cc1cc(I)ccc1NC(=O)c1n[nH]c(C(C)C)n1. The number of hydrogen-bond donors (Lipinski definition) is 2. The molecule has 5 nitrogen and oxygen atoms in total. The summed E-state index contributed by atoms with van der Waals surface area (Å²) in [6, 6.07) is 5.83. The molecule has 0 saturated heterocycles. The van der Waals surface area contributed by atoms with Crippen LogP contribution < -0.4 is 5.32 Å². The molecule has 0 aliphatic heterocycles. The Hall–Kier alpha value is -1.44. The summed E-state index contributed by atoms with van der Waals surface area (Å²) in [7, 11) is 0. The number of aromatic amines is 1. The fourth-order valence-corrected chi connectivity index (χ4v) is 2.23. The van der Waals surface area contributed by atoms with Crippen molar-refractivity contribution in [3.8, 4) is 0 Å². The van der Waals surface area contributed by atoms with E-state index in [9.17, 15) is 4.79 Å². The molecule has 19 heavy (non-hydrogen) atoms. The molecular weight excluding hydrogens is 355 g/mol. The van der Waals surface area contributed by atoms with Crippen molar-refractivity contribution in [3.63, 3.8) is 0 Å². The number of amides is 1. The first-order chi connectivity index (χ1) is 8.97. The van der Waals surface area contributed by atoms with Crippen LogP contribution in [0.15, 0.2) is 18.2 Å². The Balaban J connectivity index is 2.16. The number of halogens is 1. The summed E-state index contributed by atoms with van der Waals surface area (Å²) in [5, 5.41) is 9.52. The lowest BCUT2D eigenvalue weighted by Gasteiger charge is -2.06. The van der Waals surface area contributed by atoms with E-state index in [2.05, 4.69) is 43.1 Å². The molecule has 2 N–H and O–H groups in total. The van der Waals surface area contributed by atoms with Gasteiger partial charge in [0, 0.05) is 15.2 Å². The lowest BCUT2D eigenvalue weighted by atomic mass is 10.2. The molecule has 6 heteroatoms. The lowest BCUT2D eigenvalue weighted by molar-refractivity contribution is 0.101. The van der Waals surface area contributed by atoms with Crippen molar-refractivity contribution in [2.45, 2.75) is 26.7 Å². The van der Waals surface area contributed by atoms with Crippen molar-refractivity contribution >= 4 is 34.2 Å². The highest BCUT2D eigenvalue weighted by Gasteiger charge is 2.14. The maximum atomic E-state index is 12.0. The Kier molecular flexibility index (Phi) is 4.18. The van der Waals surface area contributed by atoms with Gasteiger partial charge < -0.3 is 5.32 Å². The molecule has 0 fully saturated rings. The zero-order valence-corrected chi connectivity index (χ0v) is 13.1. The van der Waals surface area contributed by atoms with E-state index in [0.717, 1.165) is 14.8 Å². The molecule has 0 aliphatic rings. The van der Waals surface area contributed by atoms with Crippen LogP contribution in [0.3, 0.4) is 0 Å². The minimum absolute atomic E-state index is 0.168. The number of anilines is 1. The van der Waals surface area contributed by atoms with Crippen LogP contribution in [-0.4, -0.2) is 21.1 Å².